The van der Waals surface area contributed by atoms with Crippen LogP contribution < -0.4 is 10.1 Å². The molecule has 0 spiro atoms. The fraction of sp³-hybridized carbons (Fsp3) is 0.423. The van der Waals surface area contributed by atoms with Gasteiger partial charge in [-0.25, -0.2) is 4.79 Å². The maximum Gasteiger partial charge on any atom is 0.324 e. The average molecular weight is 469 g/mol. The fourth-order valence-corrected chi connectivity index (χ4v) is 4.01. The molecule has 0 saturated carbocycles. The number of hydrogen-bond donors (Lipinski definition) is 3. The minimum atomic E-state index is -0.806. The van der Waals surface area contributed by atoms with Gasteiger partial charge >= 0.3 is 12.0 Å². The number of aliphatic hydroxyl groups is 1. The fourth-order valence-electron chi connectivity index (χ4n) is 4.01. The summed E-state index contributed by atoms with van der Waals surface area (Å²) >= 11 is 0. The minimum absolute atomic E-state index is 0.145. The molecule has 182 valence electrons. The van der Waals surface area contributed by atoms with Crippen molar-refractivity contribution in [3.05, 3.63) is 65.7 Å². The van der Waals surface area contributed by atoms with Crippen molar-refractivity contribution in [3.63, 3.8) is 0 Å². The van der Waals surface area contributed by atoms with Crippen LogP contribution in [0.3, 0.4) is 0 Å². The van der Waals surface area contributed by atoms with Gasteiger partial charge in [0.15, 0.2) is 0 Å². The number of aliphatic hydroxyl groups excluding tert-OH is 1. The molecule has 1 aliphatic rings. The number of amides is 3. The molecule has 34 heavy (non-hydrogen) atoms. The van der Waals surface area contributed by atoms with E-state index in [1.807, 2.05) is 30.3 Å². The number of carbonyl (C=O) groups is 3. The number of carbonyl (C=O) groups excluding carboxylic acids is 2. The lowest BCUT2D eigenvalue weighted by molar-refractivity contribution is -0.137. The third-order valence-electron chi connectivity index (χ3n) is 5.94. The number of aliphatic carboxylic acids is 1. The van der Waals surface area contributed by atoms with E-state index in [0.29, 0.717) is 37.2 Å². The number of rotatable bonds is 14. The third kappa shape index (κ3) is 7.59. The predicted molar refractivity (Wildman–Crippen MR) is 126 cm³/mol. The number of urea groups is 1. The summed E-state index contributed by atoms with van der Waals surface area (Å²) in [4.78, 5) is 36.5. The zero-order chi connectivity index (χ0) is 24.3. The first kappa shape index (κ1) is 25.2. The normalized spacial score (nSPS) is 16.4. The Morgan fingerprint density at radius 1 is 1.00 bits per heavy atom. The largest absolute Gasteiger partial charge is 0.489 e. The number of nitrogens with one attached hydrogen (secondary N) is 1. The van der Waals surface area contributed by atoms with E-state index in [9.17, 15) is 19.5 Å². The van der Waals surface area contributed by atoms with E-state index < -0.39 is 24.1 Å². The Bertz CT molecular complexity index is 948. The summed E-state index contributed by atoms with van der Waals surface area (Å²) in [5.74, 6) is -0.419. The third-order valence-corrected chi connectivity index (χ3v) is 5.94. The Morgan fingerprint density at radius 2 is 1.71 bits per heavy atom. The first-order valence-corrected chi connectivity index (χ1v) is 11.7. The highest BCUT2D eigenvalue weighted by molar-refractivity contribution is 6.04. The maximum absolute atomic E-state index is 12.2. The van der Waals surface area contributed by atoms with E-state index >= 15 is 0 Å². The van der Waals surface area contributed by atoms with Crippen molar-refractivity contribution in [3.8, 4) is 5.75 Å². The number of ether oxygens (including phenoxy) is 1. The van der Waals surface area contributed by atoms with Gasteiger partial charge in [-0.05, 0) is 42.5 Å². The second-order valence-electron chi connectivity index (χ2n) is 8.50. The van der Waals surface area contributed by atoms with Gasteiger partial charge in [0.1, 0.15) is 18.4 Å². The second kappa shape index (κ2) is 12.7. The van der Waals surface area contributed by atoms with Gasteiger partial charge in [-0.2, -0.15) is 0 Å². The molecule has 2 unspecified atom stereocenters. The summed E-state index contributed by atoms with van der Waals surface area (Å²) in [6.45, 7) is 0.719. The van der Waals surface area contributed by atoms with Gasteiger partial charge in [-0.15, -0.1) is 0 Å². The van der Waals surface area contributed by atoms with Gasteiger partial charge in [0.05, 0.1) is 6.10 Å². The molecule has 2 atom stereocenters. The van der Waals surface area contributed by atoms with Crippen LogP contribution in [0, 0.1) is 0 Å². The van der Waals surface area contributed by atoms with Crippen molar-refractivity contribution in [2.24, 2.45) is 0 Å². The number of imide groups is 1. The molecule has 0 radical (unpaired) electrons. The minimum Gasteiger partial charge on any atom is -0.489 e. The molecule has 3 N–H and O–H groups in total. The highest BCUT2D eigenvalue weighted by Crippen LogP contribution is 2.23. The molecule has 1 aliphatic heterocycles. The molecule has 1 saturated heterocycles. The predicted octanol–water partition coefficient (Wildman–Crippen LogP) is 4.03. The lowest BCUT2D eigenvalue weighted by Crippen LogP contribution is -2.36. The van der Waals surface area contributed by atoms with Crippen molar-refractivity contribution in [2.75, 3.05) is 6.54 Å². The standard InChI is InChI=1S/C26H32N2O6/c29-23(20-12-14-21(15-13-20)34-18-19-8-4-3-5-9-19)16-17-28-22(25(32)27-26(28)33)10-6-1-2-7-11-24(30)31/h3-5,8-9,12-15,22-23,29H,1-2,6-7,10-11,16-18H2,(H,30,31)(H,27,32,33). The van der Waals surface area contributed by atoms with Crippen LogP contribution in [0.4, 0.5) is 4.79 Å². The van der Waals surface area contributed by atoms with Crippen molar-refractivity contribution >= 4 is 17.9 Å². The van der Waals surface area contributed by atoms with Crippen molar-refractivity contribution in [1.29, 1.82) is 0 Å². The average Bonchev–Trinajstić information content (AvgIpc) is 3.11. The van der Waals surface area contributed by atoms with Crippen LogP contribution in [0.1, 0.15) is 62.2 Å². The molecule has 8 nitrogen and oxygen atoms in total. The molecule has 0 aliphatic carbocycles. The van der Waals surface area contributed by atoms with E-state index in [1.54, 1.807) is 24.3 Å². The van der Waals surface area contributed by atoms with Crippen LogP contribution in [0.15, 0.2) is 54.6 Å². The SMILES string of the molecule is O=C(O)CCCCCCC1C(=O)NC(=O)N1CCC(O)c1ccc(OCc2ccccc2)cc1. The van der Waals surface area contributed by atoms with Crippen LogP contribution in [-0.2, 0) is 16.2 Å². The number of benzene rings is 2. The quantitative estimate of drug-likeness (QED) is 0.285. The van der Waals surface area contributed by atoms with Crippen molar-refractivity contribution < 1.29 is 29.3 Å². The van der Waals surface area contributed by atoms with Crippen molar-refractivity contribution in [2.45, 2.75) is 63.7 Å². The number of carboxylic acid groups (broad SMARTS) is 1. The lowest BCUT2D eigenvalue weighted by atomic mass is 10.0. The molecule has 0 bridgehead atoms. The summed E-state index contributed by atoms with van der Waals surface area (Å²) in [6.07, 6.45) is 3.12. The Kier molecular flexibility index (Phi) is 9.46. The maximum atomic E-state index is 12.2. The van der Waals surface area contributed by atoms with E-state index in [4.69, 9.17) is 9.84 Å². The first-order valence-electron chi connectivity index (χ1n) is 11.7. The van der Waals surface area contributed by atoms with Crippen LogP contribution in [-0.4, -0.2) is 45.6 Å². The van der Waals surface area contributed by atoms with Crippen molar-refractivity contribution in [1.82, 2.24) is 10.2 Å². The summed E-state index contributed by atoms with van der Waals surface area (Å²) in [5, 5.41) is 21.6. The summed E-state index contributed by atoms with van der Waals surface area (Å²) in [6, 6.07) is 16.1. The van der Waals surface area contributed by atoms with Gasteiger partial charge in [0.2, 0.25) is 0 Å². The molecule has 2 aromatic carbocycles. The summed E-state index contributed by atoms with van der Waals surface area (Å²) in [7, 11) is 0. The number of hydrogen-bond acceptors (Lipinski definition) is 5. The van der Waals surface area contributed by atoms with E-state index in [0.717, 1.165) is 24.8 Å². The van der Waals surface area contributed by atoms with Crippen LogP contribution in [0.25, 0.3) is 0 Å². The van der Waals surface area contributed by atoms with Gasteiger partial charge in [0.25, 0.3) is 5.91 Å². The number of unbranched alkanes of at least 4 members (excludes halogenated alkanes) is 3. The Hall–Kier alpha value is -3.39. The highest BCUT2D eigenvalue weighted by Gasteiger charge is 2.37. The zero-order valence-corrected chi connectivity index (χ0v) is 19.2. The first-order chi connectivity index (χ1) is 16.4. The van der Waals surface area contributed by atoms with Crippen LogP contribution in [0.5, 0.6) is 5.75 Å². The summed E-state index contributed by atoms with van der Waals surface area (Å²) in [5.41, 5.74) is 1.79. The van der Waals surface area contributed by atoms with Crippen LogP contribution >= 0.6 is 0 Å². The molecular weight excluding hydrogens is 436 g/mol. The zero-order valence-electron chi connectivity index (χ0n) is 19.2. The van der Waals surface area contributed by atoms with Crippen LogP contribution in [0.2, 0.25) is 0 Å². The molecule has 3 rings (SSSR count). The number of carboxylic acids is 1. The van der Waals surface area contributed by atoms with Gasteiger partial charge in [0, 0.05) is 13.0 Å². The lowest BCUT2D eigenvalue weighted by Gasteiger charge is -2.23. The van der Waals surface area contributed by atoms with E-state index in [-0.39, 0.29) is 18.9 Å². The summed E-state index contributed by atoms with van der Waals surface area (Å²) < 4.78 is 5.77. The monoisotopic (exact) mass is 468 g/mol. The molecule has 1 fully saturated rings. The van der Waals surface area contributed by atoms with E-state index in [1.165, 1.54) is 4.90 Å². The van der Waals surface area contributed by atoms with Gasteiger partial charge in [-0.3, -0.25) is 14.9 Å². The topological polar surface area (TPSA) is 116 Å². The molecular formula is C26H32N2O6. The number of nitrogens with zero attached hydrogens (tertiary/aromatic N) is 1. The second-order valence-corrected chi connectivity index (χ2v) is 8.50. The van der Waals surface area contributed by atoms with Gasteiger partial charge in [-0.1, -0.05) is 61.7 Å². The molecule has 8 heteroatoms. The Balaban J connectivity index is 1.44. The highest BCUT2D eigenvalue weighted by atomic mass is 16.5. The molecule has 2 aromatic rings. The van der Waals surface area contributed by atoms with E-state index in [2.05, 4.69) is 5.32 Å². The molecule has 1 heterocycles. The van der Waals surface area contributed by atoms with Gasteiger partial charge < -0.3 is 19.8 Å². The molecule has 3 amide bonds. The smallest absolute Gasteiger partial charge is 0.324 e. The molecule has 0 aromatic heterocycles. The Morgan fingerprint density at radius 3 is 2.41 bits per heavy atom. The Labute approximate surface area is 199 Å².